The lowest BCUT2D eigenvalue weighted by atomic mass is 10.2. The molecule has 0 spiro atoms. The summed E-state index contributed by atoms with van der Waals surface area (Å²) in [5.74, 6) is 1.22. The molecule has 86 valence electrons. The number of nitrogens with zero attached hydrogens (tertiary/aromatic N) is 1. The van der Waals surface area contributed by atoms with E-state index in [1.54, 1.807) is 12.1 Å². The number of aryl methyl sites for hydroxylation is 1. The van der Waals surface area contributed by atoms with Crippen molar-refractivity contribution in [2.24, 2.45) is 5.73 Å². The summed E-state index contributed by atoms with van der Waals surface area (Å²) in [5.41, 5.74) is 7.10. The van der Waals surface area contributed by atoms with Gasteiger partial charge in [-0.2, -0.15) is 0 Å². The minimum absolute atomic E-state index is 0.000569. The Morgan fingerprint density at radius 1 is 1.18 bits per heavy atom. The molecule has 0 aliphatic carbocycles. The van der Waals surface area contributed by atoms with Crippen LogP contribution in [0.4, 0.5) is 0 Å². The molecule has 2 rings (SSSR count). The van der Waals surface area contributed by atoms with E-state index in [0.29, 0.717) is 11.4 Å². The molecule has 0 unspecified atom stereocenters. The van der Waals surface area contributed by atoms with Gasteiger partial charge in [0.1, 0.15) is 11.6 Å². The largest absolute Gasteiger partial charge is 0.439 e. The molecule has 4 heteroatoms. The average Bonchev–Trinajstić information content (AvgIpc) is 2.33. The first kappa shape index (κ1) is 11.1. The zero-order valence-electron chi connectivity index (χ0n) is 9.47. The Balaban J connectivity index is 2.13. The topological polar surface area (TPSA) is 72.0 Å². The van der Waals surface area contributed by atoms with Crippen molar-refractivity contribution in [3.05, 3.63) is 53.7 Å². The van der Waals surface area contributed by atoms with Crippen molar-refractivity contribution in [3.8, 4) is 11.6 Å². The highest BCUT2D eigenvalue weighted by atomic mass is 16.5. The van der Waals surface area contributed by atoms with Crippen molar-refractivity contribution >= 4 is 5.84 Å². The van der Waals surface area contributed by atoms with E-state index in [9.17, 15) is 0 Å². The number of hydrogen-bond acceptors (Lipinski definition) is 3. The van der Waals surface area contributed by atoms with E-state index in [-0.39, 0.29) is 5.84 Å². The molecule has 0 bridgehead atoms. The molecule has 0 aliphatic heterocycles. The molecule has 0 saturated carbocycles. The zero-order chi connectivity index (χ0) is 12.3. The van der Waals surface area contributed by atoms with Gasteiger partial charge in [0.25, 0.3) is 0 Å². The van der Waals surface area contributed by atoms with Gasteiger partial charge in [0.15, 0.2) is 0 Å². The van der Waals surface area contributed by atoms with E-state index in [1.807, 2.05) is 31.2 Å². The van der Waals surface area contributed by atoms with Gasteiger partial charge in [0.05, 0.1) is 0 Å². The van der Waals surface area contributed by atoms with Gasteiger partial charge in [-0.15, -0.1) is 0 Å². The lowest BCUT2D eigenvalue weighted by Crippen LogP contribution is -2.11. The van der Waals surface area contributed by atoms with Crippen LogP contribution in [0.15, 0.2) is 42.6 Å². The third kappa shape index (κ3) is 2.81. The van der Waals surface area contributed by atoms with Gasteiger partial charge in [-0.05, 0) is 25.1 Å². The summed E-state index contributed by atoms with van der Waals surface area (Å²) in [4.78, 5) is 4.07. The van der Waals surface area contributed by atoms with E-state index < -0.39 is 0 Å². The minimum atomic E-state index is -0.000569. The molecule has 0 atom stereocenters. The maximum absolute atomic E-state index is 7.25. The molecule has 0 radical (unpaired) electrons. The van der Waals surface area contributed by atoms with Gasteiger partial charge in [-0.3, -0.25) is 5.41 Å². The second-order valence-corrected chi connectivity index (χ2v) is 3.71. The molecule has 1 heterocycles. The Morgan fingerprint density at radius 3 is 2.41 bits per heavy atom. The average molecular weight is 227 g/mol. The monoisotopic (exact) mass is 227 g/mol. The van der Waals surface area contributed by atoms with Crippen LogP contribution in [-0.4, -0.2) is 10.8 Å². The van der Waals surface area contributed by atoms with E-state index in [2.05, 4.69) is 4.98 Å². The number of aromatic nitrogens is 1. The normalized spacial score (nSPS) is 9.94. The van der Waals surface area contributed by atoms with Gasteiger partial charge in [-0.1, -0.05) is 17.7 Å². The predicted molar refractivity (Wildman–Crippen MR) is 66.5 cm³/mol. The van der Waals surface area contributed by atoms with Crippen molar-refractivity contribution < 1.29 is 4.74 Å². The predicted octanol–water partition coefficient (Wildman–Crippen LogP) is 2.47. The first-order valence-electron chi connectivity index (χ1n) is 5.20. The van der Waals surface area contributed by atoms with E-state index in [4.69, 9.17) is 15.9 Å². The number of pyridine rings is 1. The number of benzene rings is 1. The molecule has 0 fully saturated rings. The van der Waals surface area contributed by atoms with Crippen LogP contribution in [-0.2, 0) is 0 Å². The quantitative estimate of drug-likeness (QED) is 0.625. The minimum Gasteiger partial charge on any atom is -0.439 e. The molecule has 3 N–H and O–H groups in total. The maximum Gasteiger partial charge on any atom is 0.219 e. The van der Waals surface area contributed by atoms with E-state index >= 15 is 0 Å². The lowest BCUT2D eigenvalue weighted by molar-refractivity contribution is 0.463. The van der Waals surface area contributed by atoms with Crippen LogP contribution in [0.1, 0.15) is 11.1 Å². The molecular weight excluding hydrogens is 214 g/mol. The molecular formula is C13H13N3O. The Labute approximate surface area is 99.6 Å². The van der Waals surface area contributed by atoms with E-state index in [0.717, 1.165) is 5.75 Å². The SMILES string of the molecule is Cc1ccc(Oc2ccc(C(=N)N)cn2)cc1. The number of nitrogen functional groups attached to an aromatic ring is 1. The standard InChI is InChI=1S/C13H13N3O/c1-9-2-5-11(6-3-9)17-12-7-4-10(8-16-12)13(14)15/h2-8H,1H3,(H3,14,15). The highest BCUT2D eigenvalue weighted by Gasteiger charge is 2.00. The van der Waals surface area contributed by atoms with Crippen LogP contribution in [0.25, 0.3) is 0 Å². The van der Waals surface area contributed by atoms with Crippen molar-refractivity contribution in [3.63, 3.8) is 0 Å². The molecule has 1 aromatic carbocycles. The highest BCUT2D eigenvalue weighted by Crippen LogP contribution is 2.19. The fourth-order valence-electron chi connectivity index (χ4n) is 1.33. The number of amidine groups is 1. The fourth-order valence-corrected chi connectivity index (χ4v) is 1.33. The fraction of sp³-hybridized carbons (Fsp3) is 0.0769. The lowest BCUT2D eigenvalue weighted by Gasteiger charge is -2.05. The highest BCUT2D eigenvalue weighted by molar-refractivity contribution is 5.94. The summed E-state index contributed by atoms with van der Waals surface area (Å²) in [6, 6.07) is 11.1. The van der Waals surface area contributed by atoms with Gasteiger partial charge in [0, 0.05) is 17.8 Å². The number of ether oxygens (including phenoxy) is 1. The summed E-state index contributed by atoms with van der Waals surface area (Å²) in [6.07, 6.45) is 1.52. The van der Waals surface area contributed by atoms with Crippen molar-refractivity contribution in [2.45, 2.75) is 6.92 Å². The number of rotatable bonds is 3. The third-order valence-electron chi connectivity index (χ3n) is 2.29. The van der Waals surface area contributed by atoms with Gasteiger partial charge < -0.3 is 10.5 Å². The summed E-state index contributed by atoms with van der Waals surface area (Å²) in [5, 5.41) is 7.25. The summed E-state index contributed by atoms with van der Waals surface area (Å²) < 4.78 is 5.55. The van der Waals surface area contributed by atoms with Gasteiger partial charge in [-0.25, -0.2) is 4.98 Å². The Morgan fingerprint density at radius 2 is 1.88 bits per heavy atom. The van der Waals surface area contributed by atoms with Crippen molar-refractivity contribution in [1.82, 2.24) is 4.98 Å². The molecule has 0 aliphatic rings. The van der Waals surface area contributed by atoms with Crippen LogP contribution < -0.4 is 10.5 Å². The first-order valence-corrected chi connectivity index (χ1v) is 5.20. The molecule has 2 aromatic rings. The van der Waals surface area contributed by atoms with Crippen molar-refractivity contribution in [2.75, 3.05) is 0 Å². The van der Waals surface area contributed by atoms with E-state index in [1.165, 1.54) is 11.8 Å². The number of nitrogens with one attached hydrogen (secondary N) is 1. The molecule has 1 aromatic heterocycles. The molecule has 0 amide bonds. The molecule has 4 nitrogen and oxygen atoms in total. The maximum atomic E-state index is 7.25. The Bertz CT molecular complexity index is 517. The zero-order valence-corrected chi connectivity index (χ0v) is 9.47. The second-order valence-electron chi connectivity index (χ2n) is 3.71. The van der Waals surface area contributed by atoms with Crippen LogP contribution >= 0.6 is 0 Å². The van der Waals surface area contributed by atoms with Crippen LogP contribution in [0.3, 0.4) is 0 Å². The number of nitrogens with two attached hydrogens (primary N) is 1. The van der Waals surface area contributed by atoms with Crippen LogP contribution in [0, 0.1) is 12.3 Å². The molecule has 0 saturated heterocycles. The first-order chi connectivity index (χ1) is 8.15. The van der Waals surface area contributed by atoms with Gasteiger partial charge in [0.2, 0.25) is 5.88 Å². The van der Waals surface area contributed by atoms with Crippen molar-refractivity contribution in [1.29, 1.82) is 5.41 Å². The Hall–Kier alpha value is -2.36. The van der Waals surface area contributed by atoms with Gasteiger partial charge >= 0.3 is 0 Å². The van der Waals surface area contributed by atoms with Crippen LogP contribution in [0.2, 0.25) is 0 Å². The summed E-state index contributed by atoms with van der Waals surface area (Å²) in [7, 11) is 0. The number of hydrogen-bond donors (Lipinski definition) is 2. The second kappa shape index (κ2) is 4.65. The summed E-state index contributed by atoms with van der Waals surface area (Å²) >= 11 is 0. The molecule has 17 heavy (non-hydrogen) atoms. The third-order valence-corrected chi connectivity index (χ3v) is 2.29. The summed E-state index contributed by atoms with van der Waals surface area (Å²) in [6.45, 7) is 2.02. The van der Waals surface area contributed by atoms with Crippen LogP contribution in [0.5, 0.6) is 11.6 Å². The smallest absolute Gasteiger partial charge is 0.219 e. The Kier molecular flexibility index (Phi) is 3.05.